The van der Waals surface area contributed by atoms with E-state index in [0.29, 0.717) is 33.9 Å². The van der Waals surface area contributed by atoms with Crippen LogP contribution < -0.4 is 10.6 Å². The van der Waals surface area contributed by atoms with E-state index in [-0.39, 0.29) is 40.1 Å². The summed E-state index contributed by atoms with van der Waals surface area (Å²) in [6.45, 7) is 12.7. The molecule has 2 N–H and O–H groups in total. The lowest BCUT2D eigenvalue weighted by atomic mass is 10.1. The van der Waals surface area contributed by atoms with E-state index in [1.165, 1.54) is 24.3 Å². The van der Waals surface area contributed by atoms with Gasteiger partial charge in [-0.05, 0) is 77.3 Å². The summed E-state index contributed by atoms with van der Waals surface area (Å²) in [4.78, 5) is 27.8. The molecule has 1 heterocycles. The maximum atomic E-state index is 13.9. The average molecular weight is 522 g/mol. The summed E-state index contributed by atoms with van der Waals surface area (Å²) in [5.41, 5.74) is 3.53. The fraction of sp³-hybridized carbons (Fsp3) is 0.310. The van der Waals surface area contributed by atoms with Gasteiger partial charge in [0.1, 0.15) is 11.6 Å². The van der Waals surface area contributed by atoms with Gasteiger partial charge in [0.2, 0.25) is 0 Å². The number of hydrogen-bond acceptors (Lipinski definition) is 4. The first-order valence-corrected chi connectivity index (χ1v) is 14.8. The van der Waals surface area contributed by atoms with E-state index in [1.54, 1.807) is 41.0 Å². The number of amides is 2. The molecule has 3 aromatic rings. The van der Waals surface area contributed by atoms with Crippen LogP contribution in [-0.4, -0.2) is 24.6 Å². The van der Waals surface area contributed by atoms with Crippen LogP contribution in [0.4, 0.5) is 31.5 Å². The minimum atomic E-state index is -2.60. The molecule has 3 aromatic carbocycles. The van der Waals surface area contributed by atoms with Crippen LogP contribution >= 0.6 is 0 Å². The largest absolute Gasteiger partial charge is 0.354 e. The predicted octanol–water partition coefficient (Wildman–Crippen LogP) is 8.22. The monoisotopic (exact) mass is 521 g/mol. The van der Waals surface area contributed by atoms with Crippen LogP contribution in [0.25, 0.3) is 0 Å². The van der Waals surface area contributed by atoms with Crippen LogP contribution in [0, 0.1) is 11.6 Å². The predicted molar refractivity (Wildman–Crippen MR) is 147 cm³/mol. The van der Waals surface area contributed by atoms with Gasteiger partial charge in [-0.3, -0.25) is 9.59 Å². The maximum absolute atomic E-state index is 13.9. The molecule has 0 aliphatic carbocycles. The van der Waals surface area contributed by atoms with Crippen LogP contribution in [0.2, 0.25) is 16.6 Å². The van der Waals surface area contributed by atoms with Gasteiger partial charge >= 0.3 is 0 Å². The van der Waals surface area contributed by atoms with E-state index in [4.69, 9.17) is 0 Å². The molecule has 2 amide bonds. The van der Waals surface area contributed by atoms with E-state index in [1.807, 2.05) is 0 Å². The third kappa shape index (κ3) is 4.66. The molecule has 5 nitrogen and oxygen atoms in total. The summed E-state index contributed by atoms with van der Waals surface area (Å²) in [7, 11) is -2.60. The fourth-order valence-corrected chi connectivity index (χ4v) is 12.5. The van der Waals surface area contributed by atoms with Crippen molar-refractivity contribution in [3.05, 3.63) is 83.4 Å². The van der Waals surface area contributed by atoms with Crippen molar-refractivity contribution >= 4 is 42.8 Å². The van der Waals surface area contributed by atoms with Gasteiger partial charge in [-0.2, -0.15) is 0 Å². The van der Waals surface area contributed by atoms with Crippen molar-refractivity contribution < 1.29 is 18.4 Å². The number of imide groups is 1. The van der Waals surface area contributed by atoms with Crippen molar-refractivity contribution in [2.75, 3.05) is 10.6 Å². The van der Waals surface area contributed by atoms with E-state index in [2.05, 4.69) is 52.2 Å². The molecule has 0 bridgehead atoms. The lowest BCUT2D eigenvalue weighted by Crippen LogP contribution is -2.62. The zero-order chi connectivity index (χ0) is 27.1. The number of carbonyl (C=O) groups is 2. The molecule has 0 fully saturated rings. The molecule has 0 saturated carbocycles. The molecule has 1 aliphatic rings. The first kappa shape index (κ1) is 26.5. The van der Waals surface area contributed by atoms with Gasteiger partial charge in [-0.1, -0.05) is 41.5 Å². The van der Waals surface area contributed by atoms with Crippen LogP contribution in [-0.2, 0) is 0 Å². The van der Waals surface area contributed by atoms with Crippen molar-refractivity contribution in [3.63, 3.8) is 0 Å². The second-order valence-corrected chi connectivity index (χ2v) is 16.2. The minimum absolute atomic E-state index is 0.170. The summed E-state index contributed by atoms with van der Waals surface area (Å²) in [6, 6.07) is 15.1. The van der Waals surface area contributed by atoms with Gasteiger partial charge in [0.05, 0.1) is 22.5 Å². The number of halogens is 2. The highest BCUT2D eigenvalue weighted by atomic mass is 28.3. The average Bonchev–Trinajstić information content (AvgIpc) is 3.06. The van der Waals surface area contributed by atoms with E-state index < -0.39 is 8.24 Å². The molecule has 194 valence electrons. The lowest BCUT2D eigenvalue weighted by molar-refractivity contribution is 0.0742. The first-order chi connectivity index (χ1) is 17.5. The third-order valence-corrected chi connectivity index (χ3v) is 14.2. The van der Waals surface area contributed by atoms with Crippen LogP contribution in [0.3, 0.4) is 0 Å². The van der Waals surface area contributed by atoms with Crippen LogP contribution in [0.15, 0.2) is 60.7 Å². The normalized spacial score (nSPS) is 13.6. The van der Waals surface area contributed by atoms with Gasteiger partial charge in [0.15, 0.2) is 8.24 Å². The molecular formula is C29H33F2N3O2Si. The summed E-state index contributed by atoms with van der Waals surface area (Å²) < 4.78 is 28.6. The quantitative estimate of drug-likeness (QED) is 0.232. The Bertz CT molecular complexity index is 1210. The number of hydrogen-bond donors (Lipinski definition) is 2. The number of carbonyl (C=O) groups excluding carboxylic acids is 2. The van der Waals surface area contributed by atoms with Crippen LogP contribution in [0.1, 0.15) is 62.3 Å². The van der Waals surface area contributed by atoms with Gasteiger partial charge in [-0.15, -0.1) is 0 Å². The Morgan fingerprint density at radius 2 is 0.946 bits per heavy atom. The van der Waals surface area contributed by atoms with Crippen molar-refractivity contribution in [3.8, 4) is 0 Å². The number of fused-ring (bicyclic) bond motifs is 1. The Hall–Kier alpha value is -3.52. The van der Waals surface area contributed by atoms with Crippen LogP contribution in [0.5, 0.6) is 0 Å². The van der Waals surface area contributed by atoms with Gasteiger partial charge in [0.25, 0.3) is 11.8 Å². The molecule has 0 unspecified atom stereocenters. The summed E-state index contributed by atoms with van der Waals surface area (Å²) in [5.74, 6) is -1.26. The third-order valence-electron chi connectivity index (χ3n) is 7.43. The molecule has 0 spiro atoms. The highest BCUT2D eigenvalue weighted by molar-refractivity contribution is 6.85. The number of anilines is 4. The molecule has 0 saturated heterocycles. The summed E-state index contributed by atoms with van der Waals surface area (Å²) >= 11 is 0. The standard InChI is InChI=1S/C29H33F2N3O2Si/c1-17(2)37(18(3)4,19(5)6)34-28(35)24-15-26(32-22-11-7-20(30)8-12-22)27(16-25(24)29(34)36)33-23-13-9-21(31)10-14-23/h7-19,32-33H,1-6H3. The molecule has 0 radical (unpaired) electrons. The van der Waals surface area contributed by atoms with Gasteiger partial charge < -0.3 is 15.2 Å². The van der Waals surface area contributed by atoms with E-state index in [0.717, 1.165) is 0 Å². The highest BCUT2D eigenvalue weighted by Crippen LogP contribution is 2.48. The Morgan fingerprint density at radius 1 is 0.622 bits per heavy atom. The van der Waals surface area contributed by atoms with Crippen molar-refractivity contribution in [2.24, 2.45) is 0 Å². The Kier molecular flexibility index (Phi) is 7.24. The highest BCUT2D eigenvalue weighted by Gasteiger charge is 2.56. The molecule has 0 atom stereocenters. The van der Waals surface area contributed by atoms with Crippen molar-refractivity contribution in [1.29, 1.82) is 0 Å². The molecule has 0 aromatic heterocycles. The first-order valence-electron chi connectivity index (χ1n) is 12.6. The number of nitrogens with zero attached hydrogens (tertiary/aromatic N) is 1. The Morgan fingerprint density at radius 3 is 1.24 bits per heavy atom. The van der Waals surface area contributed by atoms with Crippen molar-refractivity contribution in [2.45, 2.75) is 58.2 Å². The number of rotatable bonds is 8. The van der Waals surface area contributed by atoms with Gasteiger partial charge in [-0.25, -0.2) is 8.78 Å². The summed E-state index contributed by atoms with van der Waals surface area (Å²) in [5, 5.41) is 6.49. The Balaban J connectivity index is 1.84. The second-order valence-electron chi connectivity index (χ2n) is 10.5. The zero-order valence-corrected chi connectivity index (χ0v) is 23.0. The number of benzene rings is 3. The van der Waals surface area contributed by atoms with Gasteiger partial charge in [0, 0.05) is 11.4 Å². The molecular weight excluding hydrogens is 488 g/mol. The molecule has 1 aliphatic heterocycles. The second kappa shape index (κ2) is 10.1. The zero-order valence-electron chi connectivity index (χ0n) is 22.0. The number of nitrogens with one attached hydrogen (secondary N) is 2. The van der Waals surface area contributed by atoms with E-state index in [9.17, 15) is 18.4 Å². The maximum Gasteiger partial charge on any atom is 0.253 e. The SMILES string of the molecule is CC(C)[Si](C(C)C)(C(C)C)N1C(=O)c2cc(Nc3ccc(F)cc3)c(Nc3ccc(F)cc3)cc2C1=O. The molecule has 37 heavy (non-hydrogen) atoms. The smallest absolute Gasteiger partial charge is 0.253 e. The van der Waals surface area contributed by atoms with E-state index >= 15 is 0 Å². The lowest BCUT2D eigenvalue weighted by Gasteiger charge is -2.48. The minimum Gasteiger partial charge on any atom is -0.354 e. The summed E-state index contributed by atoms with van der Waals surface area (Å²) in [6.07, 6.45) is 0. The Labute approximate surface area is 218 Å². The molecule has 4 rings (SSSR count). The van der Waals surface area contributed by atoms with Crippen molar-refractivity contribution in [1.82, 2.24) is 4.57 Å². The fourth-order valence-electron chi connectivity index (χ4n) is 6.00. The molecule has 8 heteroatoms. The topological polar surface area (TPSA) is 61.4 Å².